The van der Waals surface area contributed by atoms with E-state index in [2.05, 4.69) is 25.6 Å². The van der Waals surface area contributed by atoms with Crippen molar-refractivity contribution < 1.29 is 23.9 Å². The predicted octanol–water partition coefficient (Wildman–Crippen LogP) is 1.39. The largest absolute Gasteiger partial charge is 0.493 e. The van der Waals surface area contributed by atoms with Crippen LogP contribution in [0.2, 0.25) is 0 Å². The van der Waals surface area contributed by atoms with Gasteiger partial charge in [-0.25, -0.2) is 15.0 Å². The molecule has 0 saturated carbocycles. The summed E-state index contributed by atoms with van der Waals surface area (Å²) in [5.41, 5.74) is 0.926. The Hall–Kier alpha value is -4.94. The van der Waals surface area contributed by atoms with Gasteiger partial charge in [0, 0.05) is 49.6 Å². The highest BCUT2D eigenvalue weighted by Crippen LogP contribution is 2.32. The van der Waals surface area contributed by atoms with Crippen molar-refractivity contribution in [3.63, 3.8) is 0 Å². The van der Waals surface area contributed by atoms with Crippen LogP contribution in [0, 0.1) is 5.92 Å². The average molecular weight is 561 g/mol. The van der Waals surface area contributed by atoms with Crippen molar-refractivity contribution in [3.8, 4) is 22.9 Å². The Kier molecular flexibility index (Phi) is 8.13. The van der Waals surface area contributed by atoms with Crippen molar-refractivity contribution in [2.45, 2.75) is 26.4 Å². The van der Waals surface area contributed by atoms with Crippen molar-refractivity contribution >= 4 is 23.5 Å². The molecule has 3 aromatic heterocycles. The lowest BCUT2D eigenvalue weighted by molar-refractivity contribution is -0.130. The lowest BCUT2D eigenvalue weighted by atomic mass is 10.0. The third-order valence-electron chi connectivity index (χ3n) is 6.75. The Labute approximate surface area is 236 Å². The molecule has 4 heterocycles. The molecule has 4 aromatic rings. The van der Waals surface area contributed by atoms with Crippen molar-refractivity contribution in [2.75, 3.05) is 33.4 Å². The summed E-state index contributed by atoms with van der Waals surface area (Å²) in [7, 11) is 1.55. The molecule has 3 amide bonds. The standard InChI is InChI=1S/C28H32N8O5/c1-18(2)24-26(38)30-9-12-34-11-8-29-25(34)19-5-6-21(40-3)22(15-19)41-14-13-35(17-23(37)33-24)27(39)20-16-36-10-4-7-31-28(36)32-20/h4-8,10-11,15-16,18,24H,9,12-14,17H2,1-3H3,(H,30,38)(H,33,37)/t24-/m1/s1. The number of amides is 3. The lowest BCUT2D eigenvalue weighted by Crippen LogP contribution is -2.53. The second-order valence-corrected chi connectivity index (χ2v) is 9.92. The number of nitrogens with one attached hydrogen (secondary N) is 2. The van der Waals surface area contributed by atoms with Crippen molar-refractivity contribution in [1.29, 1.82) is 0 Å². The molecule has 1 aliphatic rings. The molecule has 5 rings (SSSR count). The first-order valence-electron chi connectivity index (χ1n) is 13.3. The molecule has 13 heteroatoms. The number of imidazole rings is 2. The summed E-state index contributed by atoms with van der Waals surface area (Å²) in [6.45, 7) is 4.32. The molecular weight excluding hydrogens is 528 g/mol. The second-order valence-electron chi connectivity index (χ2n) is 9.92. The zero-order valence-corrected chi connectivity index (χ0v) is 23.1. The number of methoxy groups -OCH3 is 1. The Morgan fingerprint density at radius 2 is 2.00 bits per heavy atom. The average Bonchev–Trinajstić information content (AvgIpc) is 3.61. The Morgan fingerprint density at radius 3 is 2.78 bits per heavy atom. The van der Waals surface area contributed by atoms with E-state index in [-0.39, 0.29) is 37.2 Å². The van der Waals surface area contributed by atoms with E-state index in [0.29, 0.717) is 36.2 Å². The number of hydrogen-bond acceptors (Lipinski definition) is 8. The van der Waals surface area contributed by atoms with Gasteiger partial charge in [0.05, 0.1) is 13.7 Å². The summed E-state index contributed by atoms with van der Waals surface area (Å²) in [6, 6.07) is 6.42. The third-order valence-corrected chi connectivity index (χ3v) is 6.75. The fourth-order valence-corrected chi connectivity index (χ4v) is 4.63. The summed E-state index contributed by atoms with van der Waals surface area (Å²) in [5.74, 6) is 0.593. The van der Waals surface area contributed by atoms with Gasteiger partial charge < -0.3 is 29.6 Å². The minimum absolute atomic E-state index is 0.0625. The van der Waals surface area contributed by atoms with Crippen LogP contribution >= 0.6 is 0 Å². The zero-order chi connectivity index (χ0) is 28.9. The van der Waals surface area contributed by atoms with E-state index in [1.54, 1.807) is 48.4 Å². The maximum atomic E-state index is 13.6. The topological polar surface area (TPSA) is 145 Å². The van der Waals surface area contributed by atoms with Crippen LogP contribution in [0.15, 0.2) is 55.2 Å². The molecule has 41 heavy (non-hydrogen) atoms. The van der Waals surface area contributed by atoms with Gasteiger partial charge in [-0.05, 0) is 30.2 Å². The molecule has 214 valence electrons. The number of fused-ring (bicyclic) bond motifs is 5. The van der Waals surface area contributed by atoms with E-state index in [9.17, 15) is 14.4 Å². The normalized spacial score (nSPS) is 16.9. The van der Waals surface area contributed by atoms with E-state index in [4.69, 9.17) is 9.47 Å². The minimum atomic E-state index is -0.785. The molecule has 0 fully saturated rings. The van der Waals surface area contributed by atoms with Gasteiger partial charge in [-0.2, -0.15) is 0 Å². The highest BCUT2D eigenvalue weighted by molar-refractivity contribution is 5.96. The number of carbonyl (C=O) groups excluding carboxylic acids is 3. The molecule has 13 nitrogen and oxygen atoms in total. The van der Waals surface area contributed by atoms with Gasteiger partial charge in [-0.15, -0.1) is 0 Å². The van der Waals surface area contributed by atoms with Gasteiger partial charge >= 0.3 is 0 Å². The fourth-order valence-electron chi connectivity index (χ4n) is 4.63. The van der Waals surface area contributed by atoms with Crippen LogP contribution in [0.25, 0.3) is 17.2 Å². The molecular formula is C28H32N8O5. The molecule has 2 N–H and O–H groups in total. The summed E-state index contributed by atoms with van der Waals surface area (Å²) in [5, 5.41) is 5.71. The van der Waals surface area contributed by atoms with E-state index in [1.807, 2.05) is 36.7 Å². The molecule has 0 unspecified atom stereocenters. The zero-order valence-electron chi connectivity index (χ0n) is 23.1. The fraction of sp³-hybridized carbons (Fsp3) is 0.357. The first-order chi connectivity index (χ1) is 19.8. The van der Waals surface area contributed by atoms with Gasteiger partial charge in [0.1, 0.15) is 30.7 Å². The minimum Gasteiger partial charge on any atom is -0.493 e. The monoisotopic (exact) mass is 560 g/mol. The SMILES string of the molecule is COc1ccc2cc1OCCN(C(=O)c1cn3cccnc3n1)CC(=O)N[C@H](C(C)C)C(=O)NCCn1ccnc1-2. The highest BCUT2D eigenvalue weighted by atomic mass is 16.5. The molecule has 1 aliphatic heterocycles. The summed E-state index contributed by atoms with van der Waals surface area (Å²) in [6.07, 6.45) is 8.40. The second kappa shape index (κ2) is 12.1. The highest BCUT2D eigenvalue weighted by Gasteiger charge is 2.27. The maximum absolute atomic E-state index is 13.6. The molecule has 1 aromatic carbocycles. The Bertz CT molecular complexity index is 1530. The van der Waals surface area contributed by atoms with Crippen LogP contribution in [0.1, 0.15) is 24.3 Å². The number of hydrogen-bond donors (Lipinski definition) is 2. The first-order valence-corrected chi connectivity index (χ1v) is 13.3. The maximum Gasteiger partial charge on any atom is 0.274 e. The van der Waals surface area contributed by atoms with Crippen LogP contribution in [0.3, 0.4) is 0 Å². The number of ether oxygens (including phenoxy) is 2. The molecule has 2 bridgehead atoms. The summed E-state index contributed by atoms with van der Waals surface area (Å²) < 4.78 is 15.1. The van der Waals surface area contributed by atoms with E-state index < -0.39 is 17.9 Å². The van der Waals surface area contributed by atoms with Crippen LogP contribution < -0.4 is 20.1 Å². The summed E-state index contributed by atoms with van der Waals surface area (Å²) in [4.78, 5) is 54.1. The molecule has 0 spiro atoms. The van der Waals surface area contributed by atoms with Gasteiger partial charge in [0.2, 0.25) is 17.6 Å². The van der Waals surface area contributed by atoms with Crippen molar-refractivity contribution in [1.82, 2.24) is 39.5 Å². The molecule has 1 atom stereocenters. The number of aromatic nitrogens is 5. The van der Waals surface area contributed by atoms with Crippen LogP contribution in [0.5, 0.6) is 11.5 Å². The number of benzene rings is 1. The molecule has 0 saturated heterocycles. The van der Waals surface area contributed by atoms with Gasteiger partial charge in [0.25, 0.3) is 5.91 Å². The summed E-state index contributed by atoms with van der Waals surface area (Å²) >= 11 is 0. The molecule has 0 aliphatic carbocycles. The third kappa shape index (κ3) is 6.13. The number of carbonyl (C=O) groups is 3. The van der Waals surface area contributed by atoms with E-state index in [1.165, 1.54) is 4.90 Å². The smallest absolute Gasteiger partial charge is 0.274 e. The van der Waals surface area contributed by atoms with Gasteiger partial charge in [-0.1, -0.05) is 13.8 Å². The van der Waals surface area contributed by atoms with Crippen molar-refractivity contribution in [2.24, 2.45) is 5.92 Å². The number of rotatable bonds is 3. The first kappa shape index (κ1) is 27.6. The quantitative estimate of drug-likeness (QED) is 0.383. The van der Waals surface area contributed by atoms with Gasteiger partial charge in [0.15, 0.2) is 11.5 Å². The predicted molar refractivity (Wildman–Crippen MR) is 148 cm³/mol. The van der Waals surface area contributed by atoms with Crippen LogP contribution in [-0.2, 0) is 16.1 Å². The van der Waals surface area contributed by atoms with E-state index in [0.717, 1.165) is 5.56 Å². The van der Waals surface area contributed by atoms with Gasteiger partial charge in [-0.3, -0.25) is 18.8 Å². The Morgan fingerprint density at radius 1 is 1.15 bits per heavy atom. The lowest BCUT2D eigenvalue weighted by Gasteiger charge is -2.25. The molecule has 0 radical (unpaired) electrons. The number of nitrogens with zero attached hydrogens (tertiary/aromatic N) is 6. The van der Waals surface area contributed by atoms with Crippen LogP contribution in [-0.4, -0.2) is 85.9 Å². The Balaban J connectivity index is 1.47. The van der Waals surface area contributed by atoms with Crippen molar-refractivity contribution in [3.05, 3.63) is 60.9 Å². The van der Waals surface area contributed by atoms with E-state index >= 15 is 0 Å². The van der Waals surface area contributed by atoms with Crippen LogP contribution in [0.4, 0.5) is 0 Å².